The number of carbonyl (C=O) groups is 2. The lowest BCUT2D eigenvalue weighted by Gasteiger charge is -2.27. The molecule has 3 saturated heterocycles. The zero-order chi connectivity index (χ0) is 47.2. The van der Waals surface area contributed by atoms with Gasteiger partial charge in [0.15, 0.2) is 41.6 Å². The van der Waals surface area contributed by atoms with E-state index in [4.69, 9.17) is 64.7 Å². The van der Waals surface area contributed by atoms with Crippen molar-refractivity contribution in [3.8, 4) is 0 Å². The number of phosphoric acid groups is 2. The van der Waals surface area contributed by atoms with Crippen molar-refractivity contribution in [1.82, 2.24) is 53.8 Å². The van der Waals surface area contributed by atoms with Gasteiger partial charge in [0.25, 0.3) is 5.91 Å². The normalized spacial score (nSPS) is 30.8. The summed E-state index contributed by atoms with van der Waals surface area (Å²) < 4.78 is 82.7. The molecule has 14 unspecified atom stereocenters. The number of phosphoric ester groups is 2. The number of nitrogens with zero attached hydrogens (tertiary/aromatic N) is 11. The summed E-state index contributed by atoms with van der Waals surface area (Å²) in [5.74, 6) is -2.01. The highest BCUT2D eigenvalue weighted by Crippen LogP contribution is 2.53. The molecule has 12 N–H and O–H groups in total. The first-order valence-electron chi connectivity index (χ1n) is 19.4. The molecular formula is C32H43N15O17P2. The Morgan fingerprint density at radius 3 is 1.68 bits per heavy atom. The van der Waals surface area contributed by atoms with Gasteiger partial charge in [-0.3, -0.25) is 36.8 Å². The lowest BCUT2D eigenvalue weighted by Crippen LogP contribution is -2.38. The molecule has 66 heavy (non-hydrogen) atoms. The van der Waals surface area contributed by atoms with Crippen molar-refractivity contribution in [2.24, 2.45) is 11.5 Å². The van der Waals surface area contributed by atoms with Crippen molar-refractivity contribution in [2.45, 2.75) is 86.5 Å². The maximum atomic E-state index is 13.9. The highest BCUT2D eigenvalue weighted by Gasteiger charge is 2.54. The molecule has 0 spiro atoms. The Morgan fingerprint density at radius 1 is 0.682 bits per heavy atom. The lowest BCUT2D eigenvalue weighted by molar-refractivity contribution is -0.119. The van der Waals surface area contributed by atoms with E-state index in [1.165, 1.54) is 42.3 Å². The van der Waals surface area contributed by atoms with Gasteiger partial charge in [0.05, 0.1) is 32.0 Å². The minimum Gasteiger partial charge on any atom is -0.387 e. The minimum atomic E-state index is -5.25. The molecule has 8 rings (SSSR count). The maximum Gasteiger partial charge on any atom is 0.472 e. The van der Waals surface area contributed by atoms with Crippen LogP contribution in [0.3, 0.4) is 0 Å². The number of hydrogen-bond donors (Lipinski definition) is 8. The average Bonchev–Trinajstić information content (AvgIpc) is 4.13. The molecule has 14 atom stereocenters. The fraction of sp³-hybridized carbons (Fsp3) is 0.562. The third kappa shape index (κ3) is 9.34. The first-order chi connectivity index (χ1) is 31.4. The SMILES string of the molecule is COC1C(CCC(N)=O)OC(n2cnc3c(N)ncnc32)C1OP(=O)(O)OCC1OC(n2cnc3c(N)ncnc32)C(OP(=O)(O)OCC2OC(n3cnc(C(N)=O)n3)C(O)C2O)C1OC. The van der Waals surface area contributed by atoms with Crippen LogP contribution in [0.15, 0.2) is 31.6 Å². The van der Waals surface area contributed by atoms with E-state index in [0.717, 1.165) is 17.3 Å². The number of nitrogens with two attached hydrogens (primary N) is 4. The lowest BCUT2D eigenvalue weighted by atomic mass is 10.1. The second-order valence-electron chi connectivity index (χ2n) is 14.8. The van der Waals surface area contributed by atoms with Crippen LogP contribution in [0.1, 0.15) is 42.1 Å². The third-order valence-corrected chi connectivity index (χ3v) is 12.7. The van der Waals surface area contributed by atoms with Crippen LogP contribution in [0, 0.1) is 0 Å². The Hall–Kier alpha value is -5.28. The van der Waals surface area contributed by atoms with Gasteiger partial charge in [0.2, 0.25) is 11.7 Å². The molecule has 8 heterocycles. The van der Waals surface area contributed by atoms with Gasteiger partial charge in [-0.2, -0.15) is 0 Å². The standard InChI is InChI=1S/C32H43N15O17P2/c1-56-20-12(3-4-15(33)48)60-31(45-9-41-16-24(34)37-7-39-28(16)45)22(20)63-66(54,55)59-6-14-21(57-2)23(32(62-14)46-10-42-17-25(35)38-8-40-29(17)46)64-65(52,53)58-5-13-18(49)19(50)30(61-13)47-11-43-27(44-47)26(36)51/h7-14,18-23,30-32,49-50H,3-6H2,1-2H3,(H2,33,48)(H2,36,51)(H,52,53)(H,54,55)(H2,34,37,39)(H2,35,38,40). The van der Waals surface area contributed by atoms with Crippen LogP contribution in [0.2, 0.25) is 0 Å². The molecule has 3 fully saturated rings. The molecular weight excluding hydrogens is 928 g/mol. The Bertz CT molecular complexity index is 2670. The summed E-state index contributed by atoms with van der Waals surface area (Å²) in [6.07, 6.45) is -11.2. The van der Waals surface area contributed by atoms with Crippen molar-refractivity contribution in [1.29, 1.82) is 0 Å². The van der Waals surface area contributed by atoms with Gasteiger partial charge in [-0.05, 0) is 6.42 Å². The number of amides is 2. The van der Waals surface area contributed by atoms with Gasteiger partial charge in [-0.25, -0.2) is 48.7 Å². The molecule has 0 bridgehead atoms. The number of aromatic nitrogens is 11. The van der Waals surface area contributed by atoms with Crippen molar-refractivity contribution < 1.29 is 80.5 Å². The summed E-state index contributed by atoms with van der Waals surface area (Å²) >= 11 is 0. The van der Waals surface area contributed by atoms with Crippen molar-refractivity contribution >= 4 is 61.4 Å². The second-order valence-corrected chi connectivity index (χ2v) is 17.6. The largest absolute Gasteiger partial charge is 0.472 e. The first-order valence-corrected chi connectivity index (χ1v) is 22.4. The number of aliphatic hydroxyl groups is 2. The molecule has 5 aromatic rings. The van der Waals surface area contributed by atoms with E-state index in [2.05, 4.69) is 40.0 Å². The number of methoxy groups -OCH3 is 2. The number of hydrogen-bond acceptors (Lipinski definition) is 25. The summed E-state index contributed by atoms with van der Waals surface area (Å²) in [5, 5.41) is 25.1. The number of aliphatic hydroxyl groups excluding tert-OH is 2. The van der Waals surface area contributed by atoms with Gasteiger partial charge < -0.3 is 66.6 Å². The van der Waals surface area contributed by atoms with Crippen LogP contribution in [0.4, 0.5) is 11.6 Å². The molecule has 358 valence electrons. The van der Waals surface area contributed by atoms with Crippen molar-refractivity contribution in [3.63, 3.8) is 0 Å². The fourth-order valence-corrected chi connectivity index (χ4v) is 9.58. The number of primary amides is 2. The van der Waals surface area contributed by atoms with E-state index < -0.39 is 120 Å². The van der Waals surface area contributed by atoms with E-state index in [-0.39, 0.29) is 46.8 Å². The van der Waals surface area contributed by atoms with E-state index in [0.29, 0.717) is 0 Å². The zero-order valence-corrected chi connectivity index (χ0v) is 36.2. The molecule has 34 heteroatoms. The molecule has 0 aliphatic carbocycles. The van der Waals surface area contributed by atoms with Gasteiger partial charge in [-0.15, -0.1) is 5.10 Å². The van der Waals surface area contributed by atoms with E-state index in [1.807, 2.05) is 0 Å². The smallest absolute Gasteiger partial charge is 0.387 e. The fourth-order valence-electron chi connectivity index (χ4n) is 7.72. The highest BCUT2D eigenvalue weighted by atomic mass is 31.2. The van der Waals surface area contributed by atoms with Gasteiger partial charge in [0.1, 0.15) is 78.8 Å². The summed E-state index contributed by atoms with van der Waals surface area (Å²) in [6.45, 7) is -1.65. The number of fused-ring (bicyclic) bond motifs is 2. The molecule has 0 aromatic carbocycles. The predicted octanol–water partition coefficient (Wildman–Crippen LogP) is -3.06. The molecule has 5 aromatic heterocycles. The first kappa shape index (κ1) is 47.2. The number of nitrogen functional groups attached to an aromatic ring is 2. The maximum absolute atomic E-state index is 13.9. The van der Waals surface area contributed by atoms with E-state index in [9.17, 15) is 38.7 Å². The third-order valence-electron chi connectivity index (χ3n) is 10.8. The number of anilines is 2. The van der Waals surface area contributed by atoms with Gasteiger partial charge in [0, 0.05) is 20.6 Å². The van der Waals surface area contributed by atoms with Crippen molar-refractivity contribution in [3.05, 3.63) is 37.5 Å². The number of imidazole rings is 2. The van der Waals surface area contributed by atoms with Gasteiger partial charge >= 0.3 is 15.6 Å². The Morgan fingerprint density at radius 2 is 1.18 bits per heavy atom. The van der Waals surface area contributed by atoms with Crippen molar-refractivity contribution in [2.75, 3.05) is 38.9 Å². The Labute approximate surface area is 369 Å². The van der Waals surface area contributed by atoms with Crippen LogP contribution >= 0.6 is 15.6 Å². The monoisotopic (exact) mass is 971 g/mol. The number of ether oxygens (including phenoxy) is 5. The second kappa shape index (κ2) is 18.8. The van der Waals surface area contributed by atoms with E-state index >= 15 is 0 Å². The topological polar surface area (TPSA) is 454 Å². The molecule has 3 aliphatic rings. The average molecular weight is 972 g/mol. The summed E-state index contributed by atoms with van der Waals surface area (Å²) in [5.41, 5.74) is 23.1. The molecule has 0 radical (unpaired) electrons. The quantitative estimate of drug-likeness (QED) is 0.0381. The molecule has 32 nitrogen and oxygen atoms in total. The van der Waals surface area contributed by atoms with Crippen LogP contribution in [0.5, 0.6) is 0 Å². The van der Waals surface area contributed by atoms with Crippen LogP contribution in [-0.2, 0) is 55.7 Å². The molecule has 0 saturated carbocycles. The summed E-state index contributed by atoms with van der Waals surface area (Å²) in [7, 11) is -7.97. The minimum absolute atomic E-state index is 0.0234. The van der Waals surface area contributed by atoms with Crippen LogP contribution in [-0.4, -0.2) is 168 Å². The molecule has 2 amide bonds. The van der Waals surface area contributed by atoms with Crippen LogP contribution < -0.4 is 22.9 Å². The van der Waals surface area contributed by atoms with Crippen LogP contribution in [0.25, 0.3) is 22.3 Å². The Balaban J connectivity index is 1.01. The van der Waals surface area contributed by atoms with E-state index in [1.54, 1.807) is 0 Å². The number of carbonyl (C=O) groups excluding carboxylic acids is 2. The predicted molar refractivity (Wildman–Crippen MR) is 213 cm³/mol. The van der Waals surface area contributed by atoms with Gasteiger partial charge in [-0.1, -0.05) is 0 Å². The highest BCUT2D eigenvalue weighted by molar-refractivity contribution is 7.47. The Kier molecular flexibility index (Phi) is 13.4. The summed E-state index contributed by atoms with van der Waals surface area (Å²) in [4.78, 5) is 74.0. The number of rotatable bonds is 19. The molecule has 3 aliphatic heterocycles. The zero-order valence-electron chi connectivity index (χ0n) is 34.4. The summed E-state index contributed by atoms with van der Waals surface area (Å²) in [6, 6.07) is 0.